The number of hydrogen-bond donors (Lipinski definition) is 4. The van der Waals surface area contributed by atoms with Crippen LogP contribution in [0.25, 0.3) is 10.8 Å². The number of rotatable bonds is 9. The number of carbonyl (C=O) groups is 2. The van der Waals surface area contributed by atoms with Gasteiger partial charge in [0.25, 0.3) is 0 Å². The zero-order valence-corrected chi connectivity index (χ0v) is 24.7. The zero-order chi connectivity index (χ0) is 32.4. The highest BCUT2D eigenvalue weighted by Gasteiger charge is 2.39. The van der Waals surface area contributed by atoms with Crippen LogP contribution in [0, 0.1) is 0 Å². The SMILES string of the molecule is Nc1nccc2cc(NC(C(=O)NCc3ccccc3S(=O)(=O)C3CC3)c3cccc(C4CC4)c3)ccc12.O=C(O)C(F)(F)F. The average Bonchev–Trinajstić information content (AvgIpc) is 3.92. The molecule has 0 aliphatic heterocycles. The fourth-order valence-corrected chi connectivity index (χ4v) is 6.83. The third-order valence-corrected chi connectivity index (χ3v) is 9.96. The number of anilines is 2. The van der Waals surface area contributed by atoms with Crippen molar-refractivity contribution in [3.05, 3.63) is 95.7 Å². The molecular formula is C32H31F3N4O5S. The van der Waals surface area contributed by atoms with E-state index in [1.807, 2.05) is 36.4 Å². The lowest BCUT2D eigenvalue weighted by Gasteiger charge is -2.21. The van der Waals surface area contributed by atoms with Crippen LogP contribution in [-0.4, -0.2) is 41.8 Å². The molecule has 1 unspecified atom stereocenters. The molecule has 2 aliphatic rings. The van der Waals surface area contributed by atoms with E-state index in [4.69, 9.17) is 15.6 Å². The number of sulfone groups is 1. The number of nitrogens with two attached hydrogens (primary N) is 1. The van der Waals surface area contributed by atoms with Gasteiger partial charge >= 0.3 is 12.1 Å². The van der Waals surface area contributed by atoms with Crippen LogP contribution in [0.5, 0.6) is 0 Å². The van der Waals surface area contributed by atoms with Crippen molar-refractivity contribution >= 4 is 44.0 Å². The molecule has 6 rings (SSSR count). The Labute approximate surface area is 257 Å². The third kappa shape index (κ3) is 7.72. The number of amides is 1. The largest absolute Gasteiger partial charge is 0.490 e. The summed E-state index contributed by atoms with van der Waals surface area (Å²) in [4.78, 5) is 27.0. The number of nitrogens with one attached hydrogen (secondary N) is 2. The molecule has 9 nitrogen and oxygen atoms in total. The smallest absolute Gasteiger partial charge is 0.475 e. The molecule has 0 spiro atoms. The highest BCUT2D eigenvalue weighted by atomic mass is 32.2. The highest BCUT2D eigenvalue weighted by Crippen LogP contribution is 2.41. The van der Waals surface area contributed by atoms with E-state index in [1.54, 1.807) is 30.5 Å². The lowest BCUT2D eigenvalue weighted by Crippen LogP contribution is -2.33. The molecule has 1 atom stereocenters. The molecule has 13 heteroatoms. The average molecular weight is 641 g/mol. The summed E-state index contributed by atoms with van der Waals surface area (Å²) in [7, 11) is -3.38. The maximum atomic E-state index is 13.7. The van der Waals surface area contributed by atoms with Gasteiger partial charge < -0.3 is 21.5 Å². The number of benzene rings is 3. The van der Waals surface area contributed by atoms with Crippen LogP contribution < -0.4 is 16.4 Å². The van der Waals surface area contributed by atoms with E-state index in [1.165, 1.54) is 18.4 Å². The monoisotopic (exact) mass is 640 g/mol. The van der Waals surface area contributed by atoms with Crippen LogP contribution >= 0.6 is 0 Å². The fraction of sp³-hybridized carbons (Fsp3) is 0.281. The summed E-state index contributed by atoms with van der Waals surface area (Å²) >= 11 is 0. The van der Waals surface area contributed by atoms with Crippen molar-refractivity contribution in [3.63, 3.8) is 0 Å². The molecule has 0 saturated heterocycles. The minimum absolute atomic E-state index is 0.126. The lowest BCUT2D eigenvalue weighted by molar-refractivity contribution is -0.192. The number of nitrogen functional groups attached to an aromatic ring is 1. The molecule has 3 aromatic carbocycles. The molecule has 5 N–H and O–H groups in total. The summed E-state index contributed by atoms with van der Waals surface area (Å²) in [5.41, 5.74) is 9.50. The van der Waals surface area contributed by atoms with Gasteiger partial charge in [0.05, 0.1) is 10.1 Å². The number of halogens is 3. The van der Waals surface area contributed by atoms with E-state index in [9.17, 15) is 26.4 Å². The maximum Gasteiger partial charge on any atom is 0.490 e. The molecule has 1 aromatic heterocycles. The molecule has 0 radical (unpaired) electrons. The summed E-state index contributed by atoms with van der Waals surface area (Å²) in [5, 5.41) is 15.0. The van der Waals surface area contributed by atoms with Crippen molar-refractivity contribution in [2.24, 2.45) is 0 Å². The normalized spacial score (nSPS) is 15.4. The Balaban J connectivity index is 0.000000515. The van der Waals surface area contributed by atoms with Crippen molar-refractivity contribution in [2.75, 3.05) is 11.1 Å². The van der Waals surface area contributed by atoms with E-state index in [0.717, 1.165) is 22.0 Å². The summed E-state index contributed by atoms with van der Waals surface area (Å²) in [6.07, 6.45) is 0.303. The maximum absolute atomic E-state index is 13.7. The minimum Gasteiger partial charge on any atom is -0.475 e. The van der Waals surface area contributed by atoms with Crippen LogP contribution in [-0.2, 0) is 26.0 Å². The molecule has 0 bridgehead atoms. The van der Waals surface area contributed by atoms with Gasteiger partial charge in [-0.15, -0.1) is 0 Å². The summed E-state index contributed by atoms with van der Waals surface area (Å²) in [6.45, 7) is 0.126. The highest BCUT2D eigenvalue weighted by molar-refractivity contribution is 7.92. The van der Waals surface area contributed by atoms with E-state index in [-0.39, 0.29) is 17.7 Å². The van der Waals surface area contributed by atoms with E-state index >= 15 is 0 Å². The van der Waals surface area contributed by atoms with Gasteiger partial charge in [-0.1, -0.05) is 42.5 Å². The lowest BCUT2D eigenvalue weighted by atomic mass is 10.00. The first-order chi connectivity index (χ1) is 21.3. The predicted molar refractivity (Wildman–Crippen MR) is 163 cm³/mol. The predicted octanol–water partition coefficient (Wildman–Crippen LogP) is 5.73. The molecule has 1 amide bonds. The Bertz CT molecular complexity index is 1840. The van der Waals surface area contributed by atoms with Crippen molar-refractivity contribution in [1.29, 1.82) is 0 Å². The van der Waals surface area contributed by atoms with Gasteiger partial charge in [0.1, 0.15) is 11.9 Å². The molecule has 2 aliphatic carbocycles. The van der Waals surface area contributed by atoms with Crippen LogP contribution in [0.3, 0.4) is 0 Å². The van der Waals surface area contributed by atoms with Crippen LogP contribution in [0.4, 0.5) is 24.7 Å². The number of alkyl halides is 3. The number of carboxylic acid groups (broad SMARTS) is 1. The summed E-state index contributed by atoms with van der Waals surface area (Å²) < 4.78 is 57.6. The number of fused-ring (bicyclic) bond motifs is 1. The minimum atomic E-state index is -5.08. The Morgan fingerprint density at radius 3 is 2.36 bits per heavy atom. The Morgan fingerprint density at radius 2 is 1.69 bits per heavy atom. The first-order valence-corrected chi connectivity index (χ1v) is 15.8. The van der Waals surface area contributed by atoms with Gasteiger partial charge in [0, 0.05) is 23.8 Å². The Kier molecular flexibility index (Phi) is 9.01. The first-order valence-electron chi connectivity index (χ1n) is 14.2. The van der Waals surface area contributed by atoms with Crippen molar-refractivity contribution in [2.45, 2.75) is 60.5 Å². The first kappa shape index (κ1) is 31.8. The second-order valence-electron chi connectivity index (χ2n) is 11.0. The van der Waals surface area contributed by atoms with Crippen molar-refractivity contribution in [1.82, 2.24) is 10.3 Å². The number of pyridine rings is 1. The van der Waals surface area contributed by atoms with Crippen LogP contribution in [0.2, 0.25) is 0 Å². The van der Waals surface area contributed by atoms with Gasteiger partial charge in [-0.25, -0.2) is 18.2 Å². The standard InChI is InChI=1S/C30H30N4O3S.C2HF3O2/c31-29-26-13-10-24(17-21(26)14-15-32-29)34-28(22-6-3-5-20(16-22)19-8-9-19)30(35)33-18-23-4-1-2-7-27(23)38(36,37)25-11-12-25;3-2(4,5)1(6)7/h1-7,10,13-17,19,25,28,34H,8-9,11-12,18H2,(H2,31,32)(H,33,35);(H,6,7). The van der Waals surface area contributed by atoms with Crippen LogP contribution in [0.1, 0.15) is 54.3 Å². The molecule has 2 saturated carbocycles. The molecule has 1 heterocycles. The number of hydrogen-bond acceptors (Lipinski definition) is 7. The van der Waals surface area contributed by atoms with Gasteiger partial charge in [0.2, 0.25) is 5.91 Å². The Morgan fingerprint density at radius 1 is 0.978 bits per heavy atom. The molecule has 2 fully saturated rings. The summed E-state index contributed by atoms with van der Waals surface area (Å²) in [5.74, 6) is -1.98. The number of carboxylic acids is 1. The number of aliphatic carboxylic acids is 1. The number of carbonyl (C=O) groups excluding carboxylic acids is 1. The zero-order valence-electron chi connectivity index (χ0n) is 23.9. The number of nitrogens with zero attached hydrogens (tertiary/aromatic N) is 1. The van der Waals surface area contributed by atoms with Crippen LogP contribution in [0.15, 0.2) is 83.9 Å². The second kappa shape index (κ2) is 12.8. The fourth-order valence-electron chi connectivity index (χ4n) is 4.94. The molecule has 236 valence electrons. The van der Waals surface area contributed by atoms with Crippen molar-refractivity contribution < 1.29 is 36.3 Å². The molecule has 4 aromatic rings. The van der Waals surface area contributed by atoms with E-state index in [0.29, 0.717) is 35.0 Å². The molecule has 45 heavy (non-hydrogen) atoms. The summed E-state index contributed by atoms with van der Waals surface area (Å²) in [6, 6.07) is 22.1. The quantitative estimate of drug-likeness (QED) is 0.181. The second-order valence-corrected chi connectivity index (χ2v) is 13.2. The van der Waals surface area contributed by atoms with E-state index in [2.05, 4.69) is 27.8 Å². The topological polar surface area (TPSA) is 151 Å². The number of aromatic nitrogens is 1. The van der Waals surface area contributed by atoms with Crippen molar-refractivity contribution in [3.8, 4) is 0 Å². The van der Waals surface area contributed by atoms with Gasteiger partial charge in [-0.05, 0) is 84.0 Å². The molecular weight excluding hydrogens is 609 g/mol. The van der Waals surface area contributed by atoms with Gasteiger partial charge in [-0.3, -0.25) is 4.79 Å². The van der Waals surface area contributed by atoms with E-state index < -0.39 is 28.0 Å². The Hall–Kier alpha value is -4.65. The van der Waals surface area contributed by atoms with Gasteiger partial charge in [0.15, 0.2) is 9.84 Å². The third-order valence-electron chi connectivity index (χ3n) is 7.60. The van der Waals surface area contributed by atoms with Gasteiger partial charge in [-0.2, -0.15) is 13.2 Å².